The van der Waals surface area contributed by atoms with Crippen molar-refractivity contribution in [2.75, 3.05) is 32.8 Å². The van der Waals surface area contributed by atoms with Crippen LogP contribution in [0.5, 0.6) is 0 Å². The molecule has 1 aromatic heterocycles. The molecule has 3 heterocycles. The summed E-state index contributed by atoms with van der Waals surface area (Å²) in [4.78, 5) is 17.5. The van der Waals surface area contributed by atoms with E-state index in [4.69, 9.17) is 4.74 Å². The van der Waals surface area contributed by atoms with E-state index in [-0.39, 0.29) is 5.82 Å². The van der Waals surface area contributed by atoms with Crippen molar-refractivity contribution in [2.45, 2.75) is 97.3 Å². The quantitative estimate of drug-likeness (QED) is 0.428. The summed E-state index contributed by atoms with van der Waals surface area (Å²) in [5.41, 5.74) is 3.37. The lowest BCUT2D eigenvalue weighted by molar-refractivity contribution is 0.0888. The topological polar surface area (TPSA) is 49.7 Å². The normalized spacial score (nSPS) is 23.9. The highest BCUT2D eigenvalue weighted by Crippen LogP contribution is 2.38. The first-order valence-electron chi connectivity index (χ1n) is 15.1. The average molecular weight is 527 g/mol. The molecule has 2 aromatic rings. The molecule has 0 radical (unpaired) electrons. The highest BCUT2D eigenvalue weighted by atomic mass is 19.1. The van der Waals surface area contributed by atoms with E-state index in [1.165, 1.54) is 38.5 Å². The van der Waals surface area contributed by atoms with Gasteiger partial charge in [-0.15, -0.1) is 0 Å². The maximum Gasteiger partial charge on any atom is 0.407 e. The van der Waals surface area contributed by atoms with Gasteiger partial charge in [0.15, 0.2) is 0 Å². The van der Waals surface area contributed by atoms with E-state index < -0.39 is 6.09 Å². The van der Waals surface area contributed by atoms with Gasteiger partial charge in [0.25, 0.3) is 0 Å². The molecule has 0 atom stereocenters. The van der Waals surface area contributed by atoms with Crippen LogP contribution in [0, 0.1) is 17.7 Å². The minimum Gasteiger partial charge on any atom is -0.450 e. The summed E-state index contributed by atoms with van der Waals surface area (Å²) in [6.45, 7) is 12.5. The number of nitrogens with one attached hydrogen (secondary N) is 1. The van der Waals surface area contributed by atoms with Crippen molar-refractivity contribution in [3.05, 3.63) is 35.3 Å². The standard InChI is InChI=1S/C31H47FN4O2/c1-4-38-31(37)33-20-30-28(21-34-15-5-6-16-34)27-19-24(32)9-12-29(27)36(30)26-13-17-35(18-14-26)25-10-7-23(8-11-25)22(2)3/h9,12,19,22-23,25-26H,4-8,10-11,13-18,20-21H2,1-3H3,(H,33,37)/t23-,25+. The molecule has 6 nitrogen and oxygen atoms in total. The maximum absolute atomic E-state index is 14.5. The van der Waals surface area contributed by atoms with E-state index in [1.807, 2.05) is 13.0 Å². The van der Waals surface area contributed by atoms with Gasteiger partial charge < -0.3 is 19.5 Å². The molecule has 1 N–H and O–H groups in total. The number of halogens is 1. The number of benzene rings is 1. The minimum atomic E-state index is -0.394. The van der Waals surface area contributed by atoms with Gasteiger partial charge in [0.05, 0.1) is 13.2 Å². The van der Waals surface area contributed by atoms with Crippen molar-refractivity contribution in [1.82, 2.24) is 19.7 Å². The number of piperidine rings is 1. The van der Waals surface area contributed by atoms with Crippen LogP contribution in [-0.2, 0) is 17.8 Å². The molecule has 7 heteroatoms. The number of alkyl carbamates (subject to hydrolysis) is 1. The van der Waals surface area contributed by atoms with E-state index >= 15 is 0 Å². The Labute approximate surface area is 227 Å². The van der Waals surface area contributed by atoms with Gasteiger partial charge in [0, 0.05) is 48.3 Å². The minimum absolute atomic E-state index is 0.200. The second-order valence-electron chi connectivity index (χ2n) is 12.1. The molecule has 2 aliphatic heterocycles. The lowest BCUT2D eigenvalue weighted by atomic mass is 9.79. The number of aromatic nitrogens is 1. The molecule has 38 heavy (non-hydrogen) atoms. The molecule has 3 fully saturated rings. The number of carbonyl (C=O) groups excluding carboxylic acids is 1. The van der Waals surface area contributed by atoms with Gasteiger partial charge in [-0.05, 0) is 107 Å². The summed E-state index contributed by atoms with van der Waals surface area (Å²) in [5, 5.41) is 3.98. The highest BCUT2D eigenvalue weighted by Gasteiger charge is 2.32. The molecule has 1 saturated carbocycles. The van der Waals surface area contributed by atoms with Crippen molar-refractivity contribution in [1.29, 1.82) is 0 Å². The summed E-state index contributed by atoms with van der Waals surface area (Å²) >= 11 is 0. The lowest BCUT2D eigenvalue weighted by Gasteiger charge is -2.42. The van der Waals surface area contributed by atoms with E-state index in [0.717, 1.165) is 85.6 Å². The van der Waals surface area contributed by atoms with Gasteiger partial charge in [0.1, 0.15) is 5.82 Å². The van der Waals surface area contributed by atoms with Crippen LogP contribution in [0.1, 0.15) is 89.4 Å². The second kappa shape index (κ2) is 12.4. The molecule has 1 aliphatic carbocycles. The van der Waals surface area contributed by atoms with Gasteiger partial charge in [-0.3, -0.25) is 4.90 Å². The third-order valence-electron chi connectivity index (χ3n) is 9.50. The fraction of sp³-hybridized carbons (Fsp3) is 0.710. The average Bonchev–Trinajstić information content (AvgIpc) is 3.54. The van der Waals surface area contributed by atoms with Crippen LogP contribution in [0.3, 0.4) is 0 Å². The van der Waals surface area contributed by atoms with E-state index in [0.29, 0.717) is 19.2 Å². The van der Waals surface area contributed by atoms with Gasteiger partial charge in [-0.2, -0.15) is 0 Å². The summed E-state index contributed by atoms with van der Waals surface area (Å²) in [6.07, 6.45) is 9.57. The molecule has 210 valence electrons. The van der Waals surface area contributed by atoms with Gasteiger partial charge >= 0.3 is 6.09 Å². The largest absolute Gasteiger partial charge is 0.450 e. The van der Waals surface area contributed by atoms with E-state index in [1.54, 1.807) is 12.1 Å². The molecule has 0 bridgehead atoms. The molecule has 1 amide bonds. The molecular formula is C31H47FN4O2. The van der Waals surface area contributed by atoms with Crippen LogP contribution in [0.2, 0.25) is 0 Å². The van der Waals surface area contributed by atoms with Gasteiger partial charge in [-0.1, -0.05) is 13.8 Å². The Kier molecular flexibility index (Phi) is 8.94. The lowest BCUT2D eigenvalue weighted by Crippen LogP contribution is -2.44. The van der Waals surface area contributed by atoms with Gasteiger partial charge in [0.2, 0.25) is 0 Å². The van der Waals surface area contributed by atoms with Crippen LogP contribution in [0.4, 0.5) is 9.18 Å². The van der Waals surface area contributed by atoms with Crippen molar-refractivity contribution >= 4 is 17.0 Å². The Bertz CT molecular complexity index is 1080. The van der Waals surface area contributed by atoms with Crippen LogP contribution >= 0.6 is 0 Å². The Morgan fingerprint density at radius 2 is 1.74 bits per heavy atom. The number of fused-ring (bicyclic) bond motifs is 1. The number of rotatable bonds is 8. The Morgan fingerprint density at radius 3 is 2.39 bits per heavy atom. The van der Waals surface area contributed by atoms with Crippen molar-refractivity contribution in [2.24, 2.45) is 11.8 Å². The summed E-state index contributed by atoms with van der Waals surface area (Å²) < 4.78 is 22.2. The number of hydrogen-bond donors (Lipinski definition) is 1. The third kappa shape index (κ3) is 6.04. The molecule has 1 aromatic carbocycles. The first-order valence-corrected chi connectivity index (χ1v) is 15.1. The smallest absolute Gasteiger partial charge is 0.407 e. The molecule has 5 rings (SSSR count). The van der Waals surface area contributed by atoms with Crippen LogP contribution in [0.15, 0.2) is 18.2 Å². The number of hydrogen-bond acceptors (Lipinski definition) is 4. The fourth-order valence-electron chi connectivity index (χ4n) is 7.34. The summed E-state index contributed by atoms with van der Waals surface area (Å²) in [6, 6.07) is 6.30. The molecule has 0 spiro atoms. The number of ether oxygens (including phenoxy) is 1. The summed E-state index contributed by atoms with van der Waals surface area (Å²) in [5.74, 6) is 1.48. The van der Waals surface area contributed by atoms with Crippen LogP contribution < -0.4 is 5.32 Å². The van der Waals surface area contributed by atoms with E-state index in [9.17, 15) is 9.18 Å². The zero-order valence-electron chi connectivity index (χ0n) is 23.7. The molecule has 0 unspecified atom stereocenters. The fourth-order valence-corrected chi connectivity index (χ4v) is 7.34. The maximum atomic E-state index is 14.5. The number of likely N-dealkylation sites (tertiary alicyclic amines) is 2. The second-order valence-corrected chi connectivity index (χ2v) is 12.1. The monoisotopic (exact) mass is 526 g/mol. The van der Waals surface area contributed by atoms with Crippen molar-refractivity contribution in [3.8, 4) is 0 Å². The molecule has 2 saturated heterocycles. The summed E-state index contributed by atoms with van der Waals surface area (Å²) in [7, 11) is 0. The van der Waals surface area contributed by atoms with E-state index in [2.05, 4.69) is 33.5 Å². The number of carbonyl (C=O) groups is 1. The van der Waals surface area contributed by atoms with Crippen molar-refractivity contribution < 1.29 is 13.9 Å². The molecular weight excluding hydrogens is 479 g/mol. The first-order chi connectivity index (χ1) is 18.4. The molecule has 3 aliphatic rings. The van der Waals surface area contributed by atoms with Crippen LogP contribution in [-0.4, -0.2) is 59.3 Å². The highest BCUT2D eigenvalue weighted by molar-refractivity contribution is 5.86. The Hall–Kier alpha value is -2.12. The first kappa shape index (κ1) is 27.4. The number of amides is 1. The van der Waals surface area contributed by atoms with Crippen molar-refractivity contribution in [3.63, 3.8) is 0 Å². The predicted octanol–water partition coefficient (Wildman–Crippen LogP) is 6.47. The zero-order chi connectivity index (χ0) is 26.6. The Morgan fingerprint density at radius 1 is 1.03 bits per heavy atom. The SMILES string of the molecule is CCOC(=O)NCc1c(CN2CCCC2)c2cc(F)ccc2n1C1CCN([C@H]2CC[C@@H](C(C)C)CC2)CC1. The van der Waals surface area contributed by atoms with Gasteiger partial charge in [-0.25, -0.2) is 9.18 Å². The zero-order valence-corrected chi connectivity index (χ0v) is 23.7. The van der Waals surface area contributed by atoms with Crippen LogP contribution in [0.25, 0.3) is 10.9 Å². The predicted molar refractivity (Wildman–Crippen MR) is 151 cm³/mol. The number of nitrogens with zero attached hydrogens (tertiary/aromatic N) is 3. The Balaban J connectivity index is 1.39. The third-order valence-corrected chi connectivity index (χ3v) is 9.50.